The van der Waals surface area contributed by atoms with Crippen LogP contribution >= 0.6 is 0 Å². The van der Waals surface area contributed by atoms with Gasteiger partial charge in [0.15, 0.2) is 5.79 Å². The topological polar surface area (TPSA) is 58.9 Å². The minimum absolute atomic E-state index is 0.0833. The molecule has 0 aromatic rings. The van der Waals surface area contributed by atoms with Crippen LogP contribution in [-0.4, -0.2) is 41.9 Å². The maximum Gasteiger partial charge on any atom is 0.163 e. The number of aliphatic hydroxyl groups excluding tert-OH is 2. The molecule has 0 spiro atoms. The summed E-state index contributed by atoms with van der Waals surface area (Å²) in [6.07, 6.45) is 5.19. The molecule has 1 saturated heterocycles. The second-order valence-electron chi connectivity index (χ2n) is 3.86. The van der Waals surface area contributed by atoms with Crippen LogP contribution in [0.1, 0.15) is 27.7 Å². The van der Waals surface area contributed by atoms with Crippen molar-refractivity contribution in [2.75, 3.05) is 19.8 Å². The highest BCUT2D eigenvalue weighted by atomic mass is 16.7. The van der Waals surface area contributed by atoms with Crippen molar-refractivity contribution in [3.05, 3.63) is 24.8 Å². The predicted molar refractivity (Wildman–Crippen MR) is 69.8 cm³/mol. The van der Waals surface area contributed by atoms with Crippen LogP contribution in [0.15, 0.2) is 24.8 Å². The Hall–Kier alpha value is -0.680. The fraction of sp³-hybridized carbons (Fsp3) is 0.692. The highest BCUT2D eigenvalue weighted by Gasteiger charge is 2.29. The number of ether oxygens (including phenoxy) is 2. The van der Waals surface area contributed by atoms with E-state index < -0.39 is 0 Å². The third kappa shape index (κ3) is 15.3. The van der Waals surface area contributed by atoms with E-state index in [0.29, 0.717) is 0 Å². The molecule has 0 aromatic carbocycles. The summed E-state index contributed by atoms with van der Waals surface area (Å²) in [5.74, 6) is -0.334. The lowest BCUT2D eigenvalue weighted by molar-refractivity contribution is -0.136. The molecule has 1 unspecified atom stereocenters. The van der Waals surface area contributed by atoms with E-state index in [9.17, 15) is 0 Å². The van der Waals surface area contributed by atoms with Gasteiger partial charge in [0.05, 0.1) is 25.9 Å². The Kier molecular flexibility index (Phi) is 13.0. The van der Waals surface area contributed by atoms with Gasteiger partial charge in [0, 0.05) is 0 Å². The number of rotatable bonds is 2. The third-order valence-electron chi connectivity index (χ3n) is 1.62. The van der Waals surface area contributed by atoms with Gasteiger partial charge < -0.3 is 19.7 Å². The first kappa shape index (κ1) is 18.7. The Morgan fingerprint density at radius 3 is 1.94 bits per heavy atom. The average molecular weight is 246 g/mol. The normalized spacial score (nSPS) is 21.2. The Labute approximate surface area is 105 Å². The van der Waals surface area contributed by atoms with Gasteiger partial charge in [0.1, 0.15) is 0 Å². The molecule has 1 heterocycles. The van der Waals surface area contributed by atoms with Crippen LogP contribution in [0.2, 0.25) is 0 Å². The molecule has 1 fully saturated rings. The van der Waals surface area contributed by atoms with E-state index in [1.54, 1.807) is 12.2 Å². The summed E-state index contributed by atoms with van der Waals surface area (Å²) in [4.78, 5) is 0. The molecular formula is C13H26O4. The van der Waals surface area contributed by atoms with E-state index in [0.717, 1.165) is 6.61 Å². The lowest BCUT2D eigenvalue weighted by Crippen LogP contribution is -2.20. The lowest BCUT2D eigenvalue weighted by atomic mass is 10.4. The molecule has 17 heavy (non-hydrogen) atoms. The summed E-state index contributed by atoms with van der Waals surface area (Å²) in [5, 5.41) is 15.7. The number of allylic oxidation sites excluding steroid dienone is 1. The molecule has 0 aliphatic carbocycles. The molecule has 0 radical (unpaired) electrons. The molecule has 102 valence electrons. The van der Waals surface area contributed by atoms with Crippen LogP contribution in [0, 0.1) is 0 Å². The van der Waals surface area contributed by atoms with Crippen LogP contribution in [0.25, 0.3) is 0 Å². The van der Waals surface area contributed by atoms with Crippen molar-refractivity contribution < 1.29 is 19.7 Å². The highest BCUT2D eigenvalue weighted by Crippen LogP contribution is 2.21. The second-order valence-corrected chi connectivity index (χ2v) is 3.86. The van der Waals surface area contributed by atoms with Gasteiger partial charge in [-0.25, -0.2) is 0 Å². The zero-order valence-electron chi connectivity index (χ0n) is 11.3. The van der Waals surface area contributed by atoms with E-state index >= 15 is 0 Å². The summed E-state index contributed by atoms with van der Waals surface area (Å²) in [6.45, 7) is 11.9. The van der Waals surface area contributed by atoms with Gasteiger partial charge in [0.2, 0.25) is 0 Å². The third-order valence-corrected chi connectivity index (χ3v) is 1.62. The molecular weight excluding hydrogens is 220 g/mol. The van der Waals surface area contributed by atoms with Crippen molar-refractivity contribution in [1.29, 1.82) is 0 Å². The molecule has 4 heteroatoms. The maximum absolute atomic E-state index is 7.98. The largest absolute Gasteiger partial charge is 0.392 e. The van der Waals surface area contributed by atoms with Crippen molar-refractivity contribution >= 4 is 0 Å². The standard InChI is InChI=1S/C6H12O2.C4H8O.C3H6O/c1-5-4-7-6(2,3)8-5;1-2-3-4-5;1-2-3-4/h5H,4H2,1-3H3;2-3,5H,4H2,1H3;2,4H,1,3H2/b;3-2+;. The van der Waals surface area contributed by atoms with E-state index in [4.69, 9.17) is 19.7 Å². The SMILES string of the molecule is C/C=C/CO.C=CCO.CC1COC(C)(C)O1. The fourth-order valence-corrected chi connectivity index (χ4v) is 0.976. The van der Waals surface area contributed by atoms with Gasteiger partial charge in [-0.3, -0.25) is 0 Å². The number of aliphatic hydroxyl groups is 2. The Morgan fingerprint density at radius 1 is 1.35 bits per heavy atom. The van der Waals surface area contributed by atoms with Crippen molar-refractivity contribution in [1.82, 2.24) is 0 Å². The first-order chi connectivity index (χ1) is 7.93. The summed E-state index contributed by atoms with van der Waals surface area (Å²) in [6, 6.07) is 0. The quantitative estimate of drug-likeness (QED) is 0.730. The molecule has 1 aliphatic heterocycles. The number of hydrogen-bond acceptors (Lipinski definition) is 4. The zero-order chi connectivity index (χ0) is 13.7. The van der Waals surface area contributed by atoms with Crippen molar-refractivity contribution in [3.8, 4) is 0 Å². The van der Waals surface area contributed by atoms with Gasteiger partial charge in [0.25, 0.3) is 0 Å². The maximum atomic E-state index is 7.98. The Bertz CT molecular complexity index is 200. The monoisotopic (exact) mass is 246 g/mol. The van der Waals surface area contributed by atoms with Gasteiger partial charge in [-0.2, -0.15) is 0 Å². The summed E-state index contributed by atoms with van der Waals surface area (Å²) < 4.78 is 10.6. The van der Waals surface area contributed by atoms with Gasteiger partial charge >= 0.3 is 0 Å². The molecule has 0 amide bonds. The van der Waals surface area contributed by atoms with Gasteiger partial charge in [-0.1, -0.05) is 18.2 Å². The summed E-state index contributed by atoms with van der Waals surface area (Å²) in [5.41, 5.74) is 0. The van der Waals surface area contributed by atoms with Crippen LogP contribution in [0.3, 0.4) is 0 Å². The zero-order valence-corrected chi connectivity index (χ0v) is 11.3. The van der Waals surface area contributed by atoms with Crippen LogP contribution in [0.5, 0.6) is 0 Å². The second kappa shape index (κ2) is 11.8. The summed E-state index contributed by atoms with van der Waals surface area (Å²) in [7, 11) is 0. The smallest absolute Gasteiger partial charge is 0.163 e. The Morgan fingerprint density at radius 2 is 1.88 bits per heavy atom. The van der Waals surface area contributed by atoms with Crippen LogP contribution in [-0.2, 0) is 9.47 Å². The molecule has 0 aromatic heterocycles. The molecule has 2 N–H and O–H groups in total. The first-order valence-corrected chi connectivity index (χ1v) is 5.69. The van der Waals surface area contributed by atoms with E-state index in [2.05, 4.69) is 6.58 Å². The van der Waals surface area contributed by atoms with Crippen molar-refractivity contribution in [2.45, 2.75) is 39.6 Å². The van der Waals surface area contributed by atoms with E-state index in [1.807, 2.05) is 27.7 Å². The molecule has 1 aliphatic rings. The van der Waals surface area contributed by atoms with Crippen LogP contribution in [0.4, 0.5) is 0 Å². The van der Waals surface area contributed by atoms with Crippen molar-refractivity contribution in [2.24, 2.45) is 0 Å². The molecule has 0 saturated carbocycles. The minimum Gasteiger partial charge on any atom is -0.392 e. The highest BCUT2D eigenvalue weighted by molar-refractivity contribution is 4.74. The minimum atomic E-state index is -0.334. The van der Waals surface area contributed by atoms with Gasteiger partial charge in [-0.15, -0.1) is 6.58 Å². The lowest BCUT2D eigenvalue weighted by Gasteiger charge is -2.15. The molecule has 0 bridgehead atoms. The molecule has 4 nitrogen and oxygen atoms in total. The van der Waals surface area contributed by atoms with Gasteiger partial charge in [-0.05, 0) is 27.7 Å². The Balaban J connectivity index is 0. The molecule has 1 rings (SSSR count). The average Bonchev–Trinajstić information content (AvgIpc) is 2.59. The first-order valence-electron chi connectivity index (χ1n) is 5.69. The van der Waals surface area contributed by atoms with Crippen molar-refractivity contribution in [3.63, 3.8) is 0 Å². The van der Waals surface area contributed by atoms with E-state index in [1.165, 1.54) is 6.08 Å². The molecule has 1 atom stereocenters. The fourth-order valence-electron chi connectivity index (χ4n) is 0.976. The summed E-state index contributed by atoms with van der Waals surface area (Å²) >= 11 is 0. The van der Waals surface area contributed by atoms with E-state index in [-0.39, 0.29) is 25.1 Å². The number of hydrogen-bond donors (Lipinski definition) is 2. The van der Waals surface area contributed by atoms with Crippen LogP contribution < -0.4 is 0 Å². The predicted octanol–water partition coefficient (Wildman–Crippen LogP) is 1.88.